The predicted molar refractivity (Wildman–Crippen MR) is 95.9 cm³/mol. The zero-order valence-corrected chi connectivity index (χ0v) is 13.8. The van der Waals surface area contributed by atoms with Gasteiger partial charge in [-0.1, -0.05) is 24.3 Å². The quantitative estimate of drug-likeness (QED) is 0.385. The van der Waals surface area contributed by atoms with Gasteiger partial charge in [-0.05, 0) is 48.6 Å². The summed E-state index contributed by atoms with van der Waals surface area (Å²) in [5.74, 6) is 0.568. The number of hydrogen-bond acceptors (Lipinski definition) is 4. The monoisotopic (exact) mass is 334 g/mol. The Morgan fingerprint density at radius 2 is 2.08 bits per heavy atom. The molecule has 0 aromatic heterocycles. The van der Waals surface area contributed by atoms with E-state index in [2.05, 4.69) is 17.5 Å². The number of fused-ring (bicyclic) bond motifs is 3. The largest absolute Gasteiger partial charge is 0.378 e. The summed E-state index contributed by atoms with van der Waals surface area (Å²) >= 11 is 0. The van der Waals surface area contributed by atoms with Crippen LogP contribution in [-0.2, 0) is 0 Å². The number of benzene rings is 2. The van der Waals surface area contributed by atoms with E-state index in [-0.39, 0.29) is 34.3 Å². The molecule has 2 aromatic rings. The molecule has 0 fully saturated rings. The van der Waals surface area contributed by atoms with Crippen LogP contribution in [0.25, 0.3) is 0 Å². The highest BCUT2D eigenvalue weighted by Crippen LogP contribution is 2.50. The van der Waals surface area contributed by atoms with Gasteiger partial charge in [0.05, 0.1) is 11.0 Å². The van der Waals surface area contributed by atoms with Crippen LogP contribution in [0.15, 0.2) is 54.6 Å². The molecule has 1 heterocycles. The molecule has 0 bridgehead atoms. The zero-order chi connectivity index (χ0) is 17.6. The number of ketones is 1. The maximum atomic E-state index is 11.7. The number of nitro benzene ring substituents is 1. The topological polar surface area (TPSA) is 72.2 Å². The average molecular weight is 334 g/mol. The SMILES string of the molecule is CC(=O)c1ccc2c(c1)C1C=CCC1C(c1cccc([N+](=O)[O-])c1)N2. The average Bonchev–Trinajstić information content (AvgIpc) is 3.10. The Morgan fingerprint density at radius 3 is 2.84 bits per heavy atom. The molecule has 0 saturated heterocycles. The Balaban J connectivity index is 1.77. The third-order valence-corrected chi connectivity index (χ3v) is 5.21. The molecule has 126 valence electrons. The Morgan fingerprint density at radius 1 is 1.24 bits per heavy atom. The first-order valence-electron chi connectivity index (χ1n) is 8.37. The first-order valence-corrected chi connectivity index (χ1v) is 8.37. The Labute approximate surface area is 145 Å². The minimum atomic E-state index is -0.357. The van der Waals surface area contributed by atoms with Gasteiger partial charge >= 0.3 is 0 Å². The van der Waals surface area contributed by atoms with E-state index < -0.39 is 0 Å². The number of anilines is 1. The van der Waals surface area contributed by atoms with E-state index in [1.165, 1.54) is 6.07 Å². The van der Waals surface area contributed by atoms with Crippen LogP contribution in [0.1, 0.15) is 46.8 Å². The second kappa shape index (κ2) is 5.84. The molecular formula is C20H18N2O3. The second-order valence-corrected chi connectivity index (χ2v) is 6.69. The van der Waals surface area contributed by atoms with Crippen LogP contribution in [0, 0.1) is 16.0 Å². The van der Waals surface area contributed by atoms with Crippen LogP contribution in [-0.4, -0.2) is 10.7 Å². The fourth-order valence-electron chi connectivity index (χ4n) is 3.98. The standard InChI is InChI=1S/C20H18N2O3/c1-12(23)13-8-9-19-18(11-13)16-6-3-7-17(16)20(21-19)14-4-2-5-15(10-14)22(24)25/h2-6,8-11,16-17,20-21H,7H2,1H3. The summed E-state index contributed by atoms with van der Waals surface area (Å²) in [4.78, 5) is 22.5. The summed E-state index contributed by atoms with van der Waals surface area (Å²) in [5.41, 5.74) is 3.88. The summed E-state index contributed by atoms with van der Waals surface area (Å²) in [7, 11) is 0. The molecule has 3 atom stereocenters. The highest BCUT2D eigenvalue weighted by atomic mass is 16.6. The molecule has 5 heteroatoms. The van der Waals surface area contributed by atoms with Crippen molar-refractivity contribution in [3.63, 3.8) is 0 Å². The van der Waals surface area contributed by atoms with Crippen LogP contribution in [0.5, 0.6) is 0 Å². The predicted octanol–water partition coefficient (Wildman–Crippen LogP) is 4.62. The highest BCUT2D eigenvalue weighted by molar-refractivity contribution is 5.95. The maximum absolute atomic E-state index is 11.7. The molecule has 4 rings (SSSR count). The second-order valence-electron chi connectivity index (χ2n) is 6.69. The molecule has 2 aliphatic rings. The van der Waals surface area contributed by atoms with Crippen LogP contribution < -0.4 is 5.32 Å². The molecular weight excluding hydrogens is 316 g/mol. The van der Waals surface area contributed by atoms with Gasteiger partial charge < -0.3 is 5.32 Å². The van der Waals surface area contributed by atoms with Crippen molar-refractivity contribution in [2.24, 2.45) is 5.92 Å². The number of nitro groups is 1. The van der Waals surface area contributed by atoms with E-state index in [4.69, 9.17) is 0 Å². The van der Waals surface area contributed by atoms with E-state index in [0.717, 1.165) is 23.2 Å². The third-order valence-electron chi connectivity index (χ3n) is 5.21. The van der Waals surface area contributed by atoms with Crippen LogP contribution in [0.4, 0.5) is 11.4 Å². The number of carbonyl (C=O) groups is 1. The number of rotatable bonds is 3. The Bertz CT molecular complexity index is 904. The van der Waals surface area contributed by atoms with Crippen LogP contribution in [0.2, 0.25) is 0 Å². The first kappa shape index (κ1) is 15.6. The molecule has 3 unspecified atom stereocenters. The molecule has 2 aromatic carbocycles. The number of non-ortho nitro benzene ring substituents is 1. The molecule has 0 radical (unpaired) electrons. The van der Waals surface area contributed by atoms with E-state index in [1.54, 1.807) is 19.1 Å². The lowest BCUT2D eigenvalue weighted by molar-refractivity contribution is -0.384. The lowest BCUT2D eigenvalue weighted by Gasteiger charge is -2.37. The van der Waals surface area contributed by atoms with Crippen molar-refractivity contribution in [3.8, 4) is 0 Å². The van der Waals surface area contributed by atoms with Gasteiger partial charge in [-0.3, -0.25) is 14.9 Å². The Hall–Kier alpha value is -2.95. The number of nitrogens with one attached hydrogen (secondary N) is 1. The fourth-order valence-corrected chi connectivity index (χ4v) is 3.98. The van der Waals surface area contributed by atoms with Crippen molar-refractivity contribution in [1.82, 2.24) is 0 Å². The number of carbonyl (C=O) groups excluding carboxylic acids is 1. The van der Waals surface area contributed by atoms with Crippen molar-refractivity contribution in [1.29, 1.82) is 0 Å². The zero-order valence-electron chi connectivity index (χ0n) is 13.8. The van der Waals surface area contributed by atoms with Gasteiger partial charge in [-0.15, -0.1) is 0 Å². The number of nitrogens with zero attached hydrogens (tertiary/aromatic N) is 1. The first-order chi connectivity index (χ1) is 12.0. The van der Waals surface area contributed by atoms with Gasteiger partial charge in [-0.25, -0.2) is 0 Å². The maximum Gasteiger partial charge on any atom is 0.269 e. The van der Waals surface area contributed by atoms with Gasteiger partial charge in [0.1, 0.15) is 0 Å². The smallest absolute Gasteiger partial charge is 0.269 e. The molecule has 1 aliphatic carbocycles. The molecule has 25 heavy (non-hydrogen) atoms. The van der Waals surface area contributed by atoms with E-state index >= 15 is 0 Å². The molecule has 5 nitrogen and oxygen atoms in total. The summed E-state index contributed by atoms with van der Waals surface area (Å²) in [5, 5.41) is 14.6. The van der Waals surface area contributed by atoms with Crippen molar-refractivity contribution in [2.45, 2.75) is 25.3 Å². The molecule has 1 N–H and O–H groups in total. The summed E-state index contributed by atoms with van der Waals surface area (Å²) in [6.45, 7) is 1.58. The lowest BCUT2D eigenvalue weighted by atomic mass is 9.76. The third kappa shape index (κ3) is 2.61. The van der Waals surface area contributed by atoms with E-state index in [9.17, 15) is 14.9 Å². The minimum absolute atomic E-state index is 0.00979. The van der Waals surface area contributed by atoms with Crippen LogP contribution in [0.3, 0.4) is 0 Å². The molecule has 0 amide bonds. The van der Waals surface area contributed by atoms with Gasteiger partial charge in [0.15, 0.2) is 5.78 Å². The van der Waals surface area contributed by atoms with Gasteiger partial charge in [-0.2, -0.15) is 0 Å². The highest BCUT2D eigenvalue weighted by Gasteiger charge is 2.38. The normalized spacial score (nSPS) is 23.5. The number of allylic oxidation sites excluding steroid dienone is 2. The van der Waals surface area contributed by atoms with Gasteiger partial charge in [0.2, 0.25) is 0 Å². The number of Topliss-reactive ketones (excluding diaryl/α,β-unsaturated/α-hetero) is 1. The van der Waals surface area contributed by atoms with E-state index in [1.807, 2.05) is 24.3 Å². The van der Waals surface area contributed by atoms with Crippen molar-refractivity contribution >= 4 is 17.2 Å². The molecule has 1 aliphatic heterocycles. The van der Waals surface area contributed by atoms with Gasteiger partial charge in [0, 0.05) is 29.3 Å². The number of hydrogen-bond donors (Lipinski definition) is 1. The summed E-state index contributed by atoms with van der Waals surface area (Å²) in [6.07, 6.45) is 5.27. The van der Waals surface area contributed by atoms with Crippen LogP contribution >= 0.6 is 0 Å². The van der Waals surface area contributed by atoms with Crippen molar-refractivity contribution in [2.75, 3.05) is 5.32 Å². The summed E-state index contributed by atoms with van der Waals surface area (Å²) < 4.78 is 0. The summed E-state index contributed by atoms with van der Waals surface area (Å²) in [6, 6.07) is 12.6. The lowest BCUT2D eigenvalue weighted by Crippen LogP contribution is -2.29. The van der Waals surface area contributed by atoms with Gasteiger partial charge in [0.25, 0.3) is 5.69 Å². The fraction of sp³-hybridized carbons (Fsp3) is 0.250. The van der Waals surface area contributed by atoms with Crippen molar-refractivity contribution in [3.05, 3.63) is 81.4 Å². The minimum Gasteiger partial charge on any atom is -0.378 e. The van der Waals surface area contributed by atoms with E-state index in [0.29, 0.717) is 5.56 Å². The Kier molecular flexibility index (Phi) is 3.64. The van der Waals surface area contributed by atoms with Crippen molar-refractivity contribution < 1.29 is 9.72 Å². The molecule has 0 saturated carbocycles. The molecule has 0 spiro atoms.